The van der Waals surface area contributed by atoms with Gasteiger partial charge in [0.1, 0.15) is 11.3 Å². The van der Waals surface area contributed by atoms with Gasteiger partial charge in [-0.1, -0.05) is 0 Å². The molecule has 5 nitrogen and oxygen atoms in total. The zero-order chi connectivity index (χ0) is 13.6. The van der Waals surface area contributed by atoms with Crippen LogP contribution in [0.15, 0.2) is 30.2 Å². The highest BCUT2D eigenvalue weighted by molar-refractivity contribution is 7.09. The Morgan fingerprint density at radius 1 is 1.35 bits per heavy atom. The summed E-state index contributed by atoms with van der Waals surface area (Å²) in [7, 11) is 0. The van der Waals surface area contributed by atoms with E-state index in [-0.39, 0.29) is 0 Å². The van der Waals surface area contributed by atoms with Crippen LogP contribution >= 0.6 is 11.3 Å². The topological polar surface area (TPSA) is 51.1 Å². The van der Waals surface area contributed by atoms with Crippen LogP contribution in [0.3, 0.4) is 0 Å². The molecular formula is C14H18N4OS. The van der Waals surface area contributed by atoms with E-state index in [1.54, 1.807) is 23.9 Å². The van der Waals surface area contributed by atoms with Gasteiger partial charge in [-0.2, -0.15) is 0 Å². The molecule has 20 heavy (non-hydrogen) atoms. The molecule has 1 aliphatic rings. The van der Waals surface area contributed by atoms with Crippen LogP contribution in [0.25, 0.3) is 0 Å². The summed E-state index contributed by atoms with van der Waals surface area (Å²) in [6.45, 7) is 4.52. The first-order chi connectivity index (χ1) is 9.90. The van der Waals surface area contributed by atoms with Crippen molar-refractivity contribution in [1.29, 1.82) is 0 Å². The highest BCUT2D eigenvalue weighted by Gasteiger charge is 2.20. The highest BCUT2D eigenvalue weighted by atomic mass is 32.1. The molecule has 0 saturated carbocycles. The lowest BCUT2D eigenvalue weighted by atomic mass is 10.0. The molecule has 0 radical (unpaired) electrons. The molecule has 0 N–H and O–H groups in total. The SMILES string of the molecule is c1cc(C[C@@H]2COCCN(Cc3nccs3)C2)ncn1. The van der Waals surface area contributed by atoms with Crippen molar-refractivity contribution in [1.82, 2.24) is 19.9 Å². The van der Waals surface area contributed by atoms with Crippen molar-refractivity contribution in [2.75, 3.05) is 26.3 Å². The Morgan fingerprint density at radius 3 is 3.15 bits per heavy atom. The van der Waals surface area contributed by atoms with Crippen LogP contribution in [0.1, 0.15) is 10.7 Å². The summed E-state index contributed by atoms with van der Waals surface area (Å²) in [5.74, 6) is 0.479. The maximum Gasteiger partial charge on any atom is 0.115 e. The number of thiazole rings is 1. The second kappa shape index (κ2) is 6.88. The molecule has 0 unspecified atom stereocenters. The minimum atomic E-state index is 0.479. The Balaban J connectivity index is 1.60. The van der Waals surface area contributed by atoms with E-state index in [4.69, 9.17) is 4.74 Å². The lowest BCUT2D eigenvalue weighted by molar-refractivity contribution is 0.121. The molecule has 1 aliphatic heterocycles. The standard InChI is InChI=1S/C14H18N4OS/c1-2-15-11-17-13(1)7-12-8-18(4-5-19-10-12)9-14-16-3-6-20-14/h1-3,6,11-12H,4-5,7-10H2/t12-/m0/s1. The van der Waals surface area contributed by atoms with Crippen LogP contribution in [0.2, 0.25) is 0 Å². The van der Waals surface area contributed by atoms with Gasteiger partial charge >= 0.3 is 0 Å². The molecule has 1 saturated heterocycles. The van der Waals surface area contributed by atoms with Crippen molar-refractivity contribution >= 4 is 11.3 Å². The molecule has 0 spiro atoms. The normalized spacial score (nSPS) is 20.7. The summed E-state index contributed by atoms with van der Waals surface area (Å²) in [5.41, 5.74) is 1.09. The van der Waals surface area contributed by atoms with E-state index in [0.29, 0.717) is 5.92 Å². The lowest BCUT2D eigenvalue weighted by Crippen LogP contribution is -2.30. The summed E-state index contributed by atoms with van der Waals surface area (Å²) < 4.78 is 5.73. The van der Waals surface area contributed by atoms with Gasteiger partial charge in [-0.15, -0.1) is 11.3 Å². The van der Waals surface area contributed by atoms with E-state index in [2.05, 4.69) is 19.9 Å². The molecule has 1 atom stereocenters. The third kappa shape index (κ3) is 3.82. The minimum Gasteiger partial charge on any atom is -0.380 e. The third-order valence-corrected chi connectivity index (χ3v) is 4.17. The van der Waals surface area contributed by atoms with Gasteiger partial charge in [-0.05, 0) is 12.5 Å². The second-order valence-electron chi connectivity index (χ2n) is 5.01. The monoisotopic (exact) mass is 290 g/mol. The summed E-state index contributed by atoms with van der Waals surface area (Å²) in [6.07, 6.45) is 6.22. The first kappa shape index (κ1) is 13.6. The molecule has 0 aliphatic carbocycles. The van der Waals surface area contributed by atoms with Crippen LogP contribution < -0.4 is 0 Å². The van der Waals surface area contributed by atoms with Crippen molar-refractivity contribution in [2.24, 2.45) is 5.92 Å². The van der Waals surface area contributed by atoms with Gasteiger partial charge < -0.3 is 4.74 Å². The summed E-state index contributed by atoms with van der Waals surface area (Å²) >= 11 is 1.71. The fourth-order valence-electron chi connectivity index (χ4n) is 2.48. The zero-order valence-corrected chi connectivity index (χ0v) is 12.1. The van der Waals surface area contributed by atoms with E-state index in [0.717, 1.165) is 45.0 Å². The van der Waals surface area contributed by atoms with Crippen LogP contribution in [0, 0.1) is 5.92 Å². The predicted octanol–water partition coefficient (Wildman–Crippen LogP) is 1.62. The van der Waals surface area contributed by atoms with E-state index < -0.39 is 0 Å². The third-order valence-electron chi connectivity index (χ3n) is 3.41. The first-order valence-corrected chi connectivity index (χ1v) is 7.71. The Labute approximate surface area is 122 Å². The van der Waals surface area contributed by atoms with Gasteiger partial charge in [0.25, 0.3) is 0 Å². The number of rotatable bonds is 4. The van der Waals surface area contributed by atoms with E-state index in [9.17, 15) is 0 Å². The number of hydrogen-bond acceptors (Lipinski definition) is 6. The summed E-state index contributed by atoms with van der Waals surface area (Å²) in [6, 6.07) is 1.98. The molecule has 1 fully saturated rings. The molecule has 2 aromatic heterocycles. The summed E-state index contributed by atoms with van der Waals surface area (Å²) in [5, 5.41) is 3.20. The number of nitrogens with zero attached hydrogens (tertiary/aromatic N) is 4. The van der Waals surface area contributed by atoms with Gasteiger partial charge in [-0.25, -0.2) is 15.0 Å². The van der Waals surface area contributed by atoms with E-state index in [1.165, 1.54) is 5.01 Å². The molecule has 106 valence electrons. The van der Waals surface area contributed by atoms with Gasteiger partial charge in [0.05, 0.1) is 19.8 Å². The minimum absolute atomic E-state index is 0.479. The molecule has 2 aromatic rings. The Morgan fingerprint density at radius 2 is 2.35 bits per heavy atom. The average molecular weight is 290 g/mol. The van der Waals surface area contributed by atoms with Crippen molar-refractivity contribution in [2.45, 2.75) is 13.0 Å². The molecule has 3 rings (SSSR count). The Bertz CT molecular complexity index is 505. The van der Waals surface area contributed by atoms with Gasteiger partial charge in [-0.3, -0.25) is 4.90 Å². The van der Waals surface area contributed by atoms with Crippen LogP contribution in [-0.4, -0.2) is 46.2 Å². The van der Waals surface area contributed by atoms with Gasteiger partial charge in [0.15, 0.2) is 0 Å². The Hall–Kier alpha value is -1.37. The number of ether oxygens (including phenoxy) is 1. The van der Waals surface area contributed by atoms with Crippen LogP contribution in [0.4, 0.5) is 0 Å². The number of aromatic nitrogens is 3. The second-order valence-corrected chi connectivity index (χ2v) is 5.99. The lowest BCUT2D eigenvalue weighted by Gasteiger charge is -2.22. The zero-order valence-electron chi connectivity index (χ0n) is 11.3. The van der Waals surface area contributed by atoms with Crippen LogP contribution in [0.5, 0.6) is 0 Å². The Kier molecular flexibility index (Phi) is 4.68. The molecule has 6 heteroatoms. The quantitative estimate of drug-likeness (QED) is 0.856. The summed E-state index contributed by atoms with van der Waals surface area (Å²) in [4.78, 5) is 15.1. The van der Waals surface area contributed by atoms with Gasteiger partial charge in [0.2, 0.25) is 0 Å². The van der Waals surface area contributed by atoms with Crippen molar-refractivity contribution in [3.63, 3.8) is 0 Å². The van der Waals surface area contributed by atoms with Crippen LogP contribution in [-0.2, 0) is 17.7 Å². The van der Waals surface area contributed by atoms with Gasteiger partial charge in [0, 0.05) is 42.5 Å². The highest BCUT2D eigenvalue weighted by Crippen LogP contribution is 2.15. The number of hydrogen-bond donors (Lipinski definition) is 0. The largest absolute Gasteiger partial charge is 0.380 e. The molecule has 3 heterocycles. The fourth-order valence-corrected chi connectivity index (χ4v) is 3.13. The first-order valence-electron chi connectivity index (χ1n) is 6.83. The van der Waals surface area contributed by atoms with E-state index >= 15 is 0 Å². The van der Waals surface area contributed by atoms with Crippen molar-refractivity contribution in [3.05, 3.63) is 40.9 Å². The molecule has 0 bridgehead atoms. The molecule has 0 aromatic carbocycles. The van der Waals surface area contributed by atoms with Crippen molar-refractivity contribution in [3.8, 4) is 0 Å². The smallest absolute Gasteiger partial charge is 0.115 e. The molecular weight excluding hydrogens is 272 g/mol. The van der Waals surface area contributed by atoms with Crippen molar-refractivity contribution < 1.29 is 4.74 Å². The van der Waals surface area contributed by atoms with E-state index in [1.807, 2.05) is 17.6 Å². The fraction of sp³-hybridized carbons (Fsp3) is 0.500. The maximum absolute atomic E-state index is 5.73. The molecule has 0 amide bonds. The average Bonchev–Trinajstić information content (AvgIpc) is 2.87. The maximum atomic E-state index is 5.73. The predicted molar refractivity (Wildman–Crippen MR) is 77.4 cm³/mol.